The summed E-state index contributed by atoms with van der Waals surface area (Å²) in [6.07, 6.45) is 1.87. The molecule has 3 heteroatoms. The second kappa shape index (κ2) is 6.55. The second-order valence-electron chi connectivity index (χ2n) is 4.29. The lowest BCUT2D eigenvalue weighted by atomic mass is 10.2. The number of hydrogen-bond donors (Lipinski definition) is 0. The number of rotatable bonds is 5. The molecular formula is C15H17BrN2. The van der Waals surface area contributed by atoms with Crippen molar-refractivity contribution in [3.05, 3.63) is 59.8 Å². The second-order valence-corrected chi connectivity index (χ2v) is 5.08. The number of aromatic nitrogens is 1. The van der Waals surface area contributed by atoms with Gasteiger partial charge in [0.2, 0.25) is 0 Å². The molecule has 0 aliphatic rings. The third-order valence-corrected chi connectivity index (χ3v) is 3.15. The molecule has 1 aromatic carbocycles. The van der Waals surface area contributed by atoms with Crippen LogP contribution in [0.4, 0.5) is 5.82 Å². The minimum Gasteiger partial charge on any atom is -0.351 e. The Kier molecular flexibility index (Phi) is 4.76. The molecule has 0 N–H and O–H groups in total. The average Bonchev–Trinajstić information content (AvgIpc) is 2.39. The van der Waals surface area contributed by atoms with Crippen LogP contribution in [-0.4, -0.2) is 16.9 Å². The van der Waals surface area contributed by atoms with Gasteiger partial charge in [-0.05, 0) is 30.2 Å². The topological polar surface area (TPSA) is 16.1 Å². The van der Waals surface area contributed by atoms with Crippen LogP contribution in [0.3, 0.4) is 0 Å². The first-order valence-electron chi connectivity index (χ1n) is 6.07. The van der Waals surface area contributed by atoms with Crippen LogP contribution >= 0.6 is 15.9 Å². The van der Waals surface area contributed by atoms with E-state index in [9.17, 15) is 0 Å². The Hall–Kier alpha value is -1.35. The molecule has 1 aromatic heterocycles. The minimum absolute atomic E-state index is 0.892. The Morgan fingerprint density at radius 2 is 1.94 bits per heavy atom. The zero-order valence-electron chi connectivity index (χ0n) is 10.5. The summed E-state index contributed by atoms with van der Waals surface area (Å²) in [6.45, 7) is 3.94. The lowest BCUT2D eigenvalue weighted by Crippen LogP contribution is -2.25. The Labute approximate surface area is 117 Å². The van der Waals surface area contributed by atoms with Gasteiger partial charge in [-0.2, -0.15) is 0 Å². The van der Waals surface area contributed by atoms with Crippen molar-refractivity contribution in [3.63, 3.8) is 0 Å². The van der Waals surface area contributed by atoms with Crippen LogP contribution in [0.5, 0.6) is 0 Å². The maximum atomic E-state index is 4.46. The SMILES string of the molecule is Cc1ccnc(N(CCBr)Cc2ccccc2)c1. The van der Waals surface area contributed by atoms with E-state index in [0.29, 0.717) is 0 Å². The normalized spacial score (nSPS) is 10.3. The highest BCUT2D eigenvalue weighted by atomic mass is 79.9. The van der Waals surface area contributed by atoms with Crippen LogP contribution in [0.15, 0.2) is 48.7 Å². The van der Waals surface area contributed by atoms with Gasteiger partial charge in [0.15, 0.2) is 0 Å². The number of alkyl halides is 1. The predicted molar refractivity (Wildman–Crippen MR) is 80.3 cm³/mol. The first-order valence-corrected chi connectivity index (χ1v) is 7.19. The highest BCUT2D eigenvalue weighted by Gasteiger charge is 2.07. The van der Waals surface area contributed by atoms with Crippen molar-refractivity contribution < 1.29 is 0 Å². The standard InChI is InChI=1S/C15H17BrN2/c1-13-7-9-17-15(11-13)18(10-8-16)12-14-5-3-2-4-6-14/h2-7,9,11H,8,10,12H2,1H3. The van der Waals surface area contributed by atoms with Crippen LogP contribution in [0, 0.1) is 6.92 Å². The molecule has 18 heavy (non-hydrogen) atoms. The molecule has 0 radical (unpaired) electrons. The van der Waals surface area contributed by atoms with Crippen molar-refractivity contribution in [1.29, 1.82) is 0 Å². The van der Waals surface area contributed by atoms with Gasteiger partial charge in [-0.25, -0.2) is 4.98 Å². The summed E-state index contributed by atoms with van der Waals surface area (Å²) in [5, 5.41) is 0.940. The van der Waals surface area contributed by atoms with E-state index in [1.807, 2.05) is 18.3 Å². The van der Waals surface area contributed by atoms with E-state index < -0.39 is 0 Å². The molecule has 0 saturated heterocycles. The average molecular weight is 305 g/mol. The number of hydrogen-bond acceptors (Lipinski definition) is 2. The molecule has 0 atom stereocenters. The quantitative estimate of drug-likeness (QED) is 0.781. The largest absolute Gasteiger partial charge is 0.351 e. The number of pyridine rings is 1. The van der Waals surface area contributed by atoms with Gasteiger partial charge in [0, 0.05) is 24.6 Å². The Morgan fingerprint density at radius 3 is 2.61 bits per heavy atom. The molecule has 0 amide bonds. The molecule has 0 aliphatic heterocycles. The van der Waals surface area contributed by atoms with E-state index in [4.69, 9.17) is 0 Å². The highest BCUT2D eigenvalue weighted by Crippen LogP contribution is 2.15. The highest BCUT2D eigenvalue weighted by molar-refractivity contribution is 9.09. The molecule has 0 fully saturated rings. The Bertz CT molecular complexity index is 485. The van der Waals surface area contributed by atoms with Crippen molar-refractivity contribution in [1.82, 2.24) is 4.98 Å². The first kappa shape index (κ1) is 13.1. The van der Waals surface area contributed by atoms with Gasteiger partial charge in [-0.1, -0.05) is 46.3 Å². The van der Waals surface area contributed by atoms with E-state index >= 15 is 0 Å². The molecule has 94 valence electrons. The lowest BCUT2D eigenvalue weighted by molar-refractivity contribution is 0.820. The summed E-state index contributed by atoms with van der Waals surface area (Å²) in [5.41, 5.74) is 2.55. The molecule has 0 spiro atoms. The summed E-state index contributed by atoms with van der Waals surface area (Å²) < 4.78 is 0. The van der Waals surface area contributed by atoms with Gasteiger partial charge in [-0.3, -0.25) is 0 Å². The predicted octanol–water partition coefficient (Wildman–Crippen LogP) is 3.79. The van der Waals surface area contributed by atoms with Crippen molar-refractivity contribution >= 4 is 21.7 Å². The third kappa shape index (κ3) is 3.57. The van der Waals surface area contributed by atoms with Gasteiger partial charge in [0.05, 0.1) is 0 Å². The maximum absolute atomic E-state index is 4.46. The smallest absolute Gasteiger partial charge is 0.129 e. The van der Waals surface area contributed by atoms with Crippen molar-refractivity contribution in [2.75, 3.05) is 16.8 Å². The van der Waals surface area contributed by atoms with Crippen LogP contribution in [0.1, 0.15) is 11.1 Å². The van der Waals surface area contributed by atoms with Crippen molar-refractivity contribution in [3.8, 4) is 0 Å². The zero-order valence-corrected chi connectivity index (χ0v) is 12.1. The van der Waals surface area contributed by atoms with Gasteiger partial charge >= 0.3 is 0 Å². The summed E-state index contributed by atoms with van der Waals surface area (Å²) in [5.74, 6) is 1.04. The number of anilines is 1. The molecule has 1 heterocycles. The molecular weight excluding hydrogens is 288 g/mol. The maximum Gasteiger partial charge on any atom is 0.129 e. The number of aryl methyl sites for hydroxylation is 1. The van der Waals surface area contributed by atoms with Crippen LogP contribution in [0.25, 0.3) is 0 Å². The lowest BCUT2D eigenvalue weighted by Gasteiger charge is -2.23. The van der Waals surface area contributed by atoms with Gasteiger partial charge in [-0.15, -0.1) is 0 Å². The Balaban J connectivity index is 2.18. The van der Waals surface area contributed by atoms with Gasteiger partial charge < -0.3 is 4.90 Å². The van der Waals surface area contributed by atoms with Crippen LogP contribution in [-0.2, 0) is 6.54 Å². The fraction of sp³-hybridized carbons (Fsp3) is 0.267. The van der Waals surface area contributed by atoms with E-state index in [1.54, 1.807) is 0 Å². The molecule has 0 aliphatic carbocycles. The van der Waals surface area contributed by atoms with E-state index in [0.717, 1.165) is 24.2 Å². The third-order valence-electron chi connectivity index (χ3n) is 2.80. The van der Waals surface area contributed by atoms with E-state index in [2.05, 4.69) is 63.1 Å². The first-order chi connectivity index (χ1) is 8.79. The van der Waals surface area contributed by atoms with Gasteiger partial charge in [0.1, 0.15) is 5.82 Å². The molecule has 2 aromatic rings. The van der Waals surface area contributed by atoms with Crippen LogP contribution < -0.4 is 4.90 Å². The fourth-order valence-corrected chi connectivity index (χ4v) is 2.30. The van der Waals surface area contributed by atoms with Crippen molar-refractivity contribution in [2.45, 2.75) is 13.5 Å². The summed E-state index contributed by atoms with van der Waals surface area (Å²) >= 11 is 3.51. The van der Waals surface area contributed by atoms with Crippen LogP contribution in [0.2, 0.25) is 0 Å². The molecule has 2 nitrogen and oxygen atoms in total. The zero-order chi connectivity index (χ0) is 12.8. The number of benzene rings is 1. The van der Waals surface area contributed by atoms with E-state index in [-0.39, 0.29) is 0 Å². The number of nitrogens with zero attached hydrogens (tertiary/aromatic N) is 2. The number of halogens is 1. The molecule has 0 saturated carbocycles. The fourth-order valence-electron chi connectivity index (χ4n) is 1.87. The molecule has 2 rings (SSSR count). The van der Waals surface area contributed by atoms with Crippen molar-refractivity contribution in [2.24, 2.45) is 0 Å². The summed E-state index contributed by atoms with van der Waals surface area (Å²) in [6, 6.07) is 14.7. The monoisotopic (exact) mass is 304 g/mol. The Morgan fingerprint density at radius 1 is 1.17 bits per heavy atom. The molecule has 0 unspecified atom stereocenters. The van der Waals surface area contributed by atoms with E-state index in [1.165, 1.54) is 11.1 Å². The summed E-state index contributed by atoms with van der Waals surface area (Å²) in [4.78, 5) is 6.75. The molecule has 0 bridgehead atoms. The summed E-state index contributed by atoms with van der Waals surface area (Å²) in [7, 11) is 0. The van der Waals surface area contributed by atoms with Gasteiger partial charge in [0.25, 0.3) is 0 Å². The minimum atomic E-state index is 0.892.